The molecule has 0 aliphatic rings. The van der Waals surface area contributed by atoms with Gasteiger partial charge in [0.05, 0.1) is 0 Å². The molecule has 6 heteroatoms. The highest BCUT2D eigenvalue weighted by Gasteiger charge is 2.11. The Hall–Kier alpha value is -2.44. The maximum atomic E-state index is 9.19. The lowest BCUT2D eigenvalue weighted by Gasteiger charge is -2.14. The second-order valence-electron chi connectivity index (χ2n) is 5.91. The fourth-order valence-electron chi connectivity index (χ4n) is 2.43. The van der Waals surface area contributed by atoms with Gasteiger partial charge in [0, 0.05) is 13.2 Å². The van der Waals surface area contributed by atoms with Crippen LogP contribution in [0.1, 0.15) is 5.56 Å². The summed E-state index contributed by atoms with van der Waals surface area (Å²) in [7, 11) is 4.02. The molecule has 0 bridgehead atoms. The molecule has 1 N–H and O–H groups in total. The number of fused-ring (bicyclic) bond motifs is 1. The number of aliphatic hydroxyl groups excluding tert-OH is 1. The van der Waals surface area contributed by atoms with Gasteiger partial charge in [0.2, 0.25) is 0 Å². The Balaban J connectivity index is 1.96. The van der Waals surface area contributed by atoms with E-state index in [0.29, 0.717) is 13.0 Å². The number of hydrogen-bond acceptors (Lipinski definition) is 5. The fourth-order valence-corrected chi connectivity index (χ4v) is 2.43. The van der Waals surface area contributed by atoms with E-state index < -0.39 is 0 Å². The summed E-state index contributed by atoms with van der Waals surface area (Å²) < 4.78 is 5.93. The molecule has 0 atom stereocenters. The third-order valence-corrected chi connectivity index (χ3v) is 3.72. The average molecular weight is 326 g/mol. The molecule has 2 aromatic carbocycles. The Morgan fingerprint density at radius 1 is 1.08 bits per heavy atom. The summed E-state index contributed by atoms with van der Waals surface area (Å²) in [4.78, 5) is 3.68. The van der Waals surface area contributed by atoms with Gasteiger partial charge in [0.25, 0.3) is 0 Å². The van der Waals surface area contributed by atoms with Crippen LogP contribution in [0.15, 0.2) is 42.5 Å². The first-order valence-corrected chi connectivity index (χ1v) is 8.01. The Morgan fingerprint density at radius 3 is 2.42 bits per heavy atom. The normalized spacial score (nSPS) is 11.3. The van der Waals surface area contributed by atoms with Crippen LogP contribution in [0.3, 0.4) is 0 Å². The second-order valence-corrected chi connectivity index (χ2v) is 5.91. The minimum absolute atomic E-state index is 0.106. The molecule has 1 aromatic heterocycles. The average Bonchev–Trinajstić information content (AvgIpc) is 3.00. The summed E-state index contributed by atoms with van der Waals surface area (Å²) in [6, 6.07) is 13.6. The number of hydrogen-bond donors (Lipinski definition) is 1. The Labute approximate surface area is 141 Å². The van der Waals surface area contributed by atoms with Gasteiger partial charge >= 0.3 is 0 Å². The molecule has 24 heavy (non-hydrogen) atoms. The van der Waals surface area contributed by atoms with Crippen LogP contribution in [-0.2, 0) is 6.42 Å². The summed E-state index contributed by atoms with van der Waals surface area (Å²) in [6.07, 6.45) is 0.589. The van der Waals surface area contributed by atoms with Gasteiger partial charge < -0.3 is 14.7 Å². The van der Waals surface area contributed by atoms with Crippen molar-refractivity contribution in [2.45, 2.75) is 6.42 Å². The molecule has 0 unspecified atom stereocenters. The zero-order valence-electron chi connectivity index (χ0n) is 14.0. The molecular weight excluding hydrogens is 304 g/mol. The maximum Gasteiger partial charge on any atom is 0.146 e. The summed E-state index contributed by atoms with van der Waals surface area (Å²) in [5.41, 5.74) is 3.48. The summed E-state index contributed by atoms with van der Waals surface area (Å²) in [6.45, 7) is 1.52. The maximum absolute atomic E-state index is 9.19. The number of benzene rings is 2. The lowest BCUT2D eigenvalue weighted by molar-refractivity contribution is 0.260. The van der Waals surface area contributed by atoms with Crippen molar-refractivity contribution in [1.82, 2.24) is 19.9 Å². The van der Waals surface area contributed by atoms with Gasteiger partial charge in [0.15, 0.2) is 0 Å². The highest BCUT2D eigenvalue weighted by Crippen LogP contribution is 2.25. The van der Waals surface area contributed by atoms with E-state index in [1.807, 2.05) is 56.6 Å². The number of aliphatic hydroxyl groups is 1. The van der Waals surface area contributed by atoms with Crippen LogP contribution in [0.2, 0.25) is 0 Å². The van der Waals surface area contributed by atoms with Gasteiger partial charge in [0.1, 0.15) is 29.1 Å². The second kappa shape index (κ2) is 7.42. The molecular formula is C18H22N4O2. The highest BCUT2D eigenvalue weighted by atomic mass is 16.5. The minimum atomic E-state index is 0.106. The van der Waals surface area contributed by atoms with Crippen LogP contribution in [0.25, 0.3) is 16.7 Å². The molecule has 0 amide bonds. The molecule has 3 aromatic rings. The van der Waals surface area contributed by atoms with Crippen LogP contribution >= 0.6 is 0 Å². The zero-order valence-corrected chi connectivity index (χ0v) is 14.0. The van der Waals surface area contributed by atoms with Crippen LogP contribution in [0, 0.1) is 0 Å². The van der Waals surface area contributed by atoms with Crippen molar-refractivity contribution in [2.75, 3.05) is 33.9 Å². The van der Waals surface area contributed by atoms with Gasteiger partial charge in [-0.05, 0) is 50.3 Å². The molecule has 3 rings (SSSR count). The molecule has 0 radical (unpaired) electrons. The van der Waals surface area contributed by atoms with Crippen molar-refractivity contribution in [3.8, 4) is 11.4 Å². The molecule has 0 saturated heterocycles. The number of ether oxygens (including phenoxy) is 1. The van der Waals surface area contributed by atoms with E-state index >= 15 is 0 Å². The predicted molar refractivity (Wildman–Crippen MR) is 93.7 cm³/mol. The van der Waals surface area contributed by atoms with Gasteiger partial charge in [-0.2, -0.15) is 0 Å². The third-order valence-electron chi connectivity index (χ3n) is 3.72. The summed E-state index contributed by atoms with van der Waals surface area (Å²) in [5, 5.41) is 18.3. The molecule has 0 aliphatic carbocycles. The summed E-state index contributed by atoms with van der Waals surface area (Å²) >= 11 is 0. The number of nitrogens with zero attached hydrogens (tertiary/aromatic N) is 4. The Morgan fingerprint density at radius 2 is 1.79 bits per heavy atom. The van der Waals surface area contributed by atoms with E-state index in [0.717, 1.165) is 34.6 Å². The molecule has 126 valence electrons. The van der Waals surface area contributed by atoms with Crippen LogP contribution in [-0.4, -0.2) is 58.9 Å². The van der Waals surface area contributed by atoms with Crippen molar-refractivity contribution in [3.63, 3.8) is 0 Å². The predicted octanol–water partition coefficient (Wildman–Crippen LogP) is 1.90. The quantitative estimate of drug-likeness (QED) is 0.718. The third kappa shape index (κ3) is 3.72. The largest absolute Gasteiger partial charge is 0.490 e. The topological polar surface area (TPSA) is 63.4 Å². The van der Waals surface area contributed by atoms with Gasteiger partial charge in [-0.3, -0.25) is 0 Å². The van der Waals surface area contributed by atoms with E-state index in [9.17, 15) is 5.11 Å². The molecule has 6 nitrogen and oxygen atoms in total. The number of aromatic nitrogens is 3. The lowest BCUT2D eigenvalue weighted by atomic mass is 10.1. The molecule has 0 fully saturated rings. The molecule has 0 saturated carbocycles. The fraction of sp³-hybridized carbons (Fsp3) is 0.333. The van der Waals surface area contributed by atoms with Crippen molar-refractivity contribution in [2.24, 2.45) is 0 Å². The Kier molecular flexibility index (Phi) is 5.08. The molecule has 0 spiro atoms. The van der Waals surface area contributed by atoms with Crippen LogP contribution in [0.5, 0.6) is 5.75 Å². The first kappa shape index (κ1) is 16.4. The van der Waals surface area contributed by atoms with Crippen molar-refractivity contribution in [1.29, 1.82) is 0 Å². The van der Waals surface area contributed by atoms with Gasteiger partial charge in [-0.25, -0.2) is 0 Å². The standard InChI is InChI=1S/C18H22N4O2/c1-21(2)10-12-24-18-8-7-14(9-11-23)13-17(18)22-19-15-5-3-4-6-16(15)20-22/h3-8,13,23H,9-12H2,1-2H3. The molecule has 0 aliphatic heterocycles. The van der Waals surface area contributed by atoms with Crippen LogP contribution < -0.4 is 4.74 Å². The van der Waals surface area contributed by atoms with E-state index in [4.69, 9.17) is 4.74 Å². The van der Waals surface area contributed by atoms with E-state index in [1.54, 1.807) is 4.80 Å². The van der Waals surface area contributed by atoms with Crippen molar-refractivity contribution < 1.29 is 9.84 Å². The zero-order chi connectivity index (χ0) is 16.9. The monoisotopic (exact) mass is 326 g/mol. The highest BCUT2D eigenvalue weighted by molar-refractivity contribution is 5.73. The Bertz CT molecular complexity index is 781. The smallest absolute Gasteiger partial charge is 0.146 e. The van der Waals surface area contributed by atoms with Crippen molar-refractivity contribution >= 4 is 11.0 Å². The SMILES string of the molecule is CN(C)CCOc1ccc(CCO)cc1-n1nc2ccccc2n1. The van der Waals surface area contributed by atoms with Crippen molar-refractivity contribution in [3.05, 3.63) is 48.0 Å². The van der Waals surface area contributed by atoms with E-state index in [2.05, 4.69) is 15.1 Å². The van der Waals surface area contributed by atoms with Crippen LogP contribution in [0.4, 0.5) is 0 Å². The first-order valence-electron chi connectivity index (χ1n) is 8.01. The number of rotatable bonds is 7. The van der Waals surface area contributed by atoms with Gasteiger partial charge in [-0.1, -0.05) is 18.2 Å². The minimum Gasteiger partial charge on any atom is -0.490 e. The molecule has 1 heterocycles. The summed E-state index contributed by atoms with van der Waals surface area (Å²) in [5.74, 6) is 0.735. The number of likely N-dealkylation sites (N-methyl/N-ethyl adjacent to an activating group) is 1. The lowest BCUT2D eigenvalue weighted by Crippen LogP contribution is -2.20. The van der Waals surface area contributed by atoms with E-state index in [-0.39, 0.29) is 6.61 Å². The first-order chi connectivity index (χ1) is 11.7. The van der Waals surface area contributed by atoms with E-state index in [1.165, 1.54) is 0 Å². The van der Waals surface area contributed by atoms with Gasteiger partial charge in [-0.15, -0.1) is 15.0 Å².